The number of aromatic nitrogens is 2. The minimum absolute atomic E-state index is 0.182. The Bertz CT molecular complexity index is 736. The van der Waals surface area contributed by atoms with Crippen LogP contribution in [0.5, 0.6) is 0 Å². The van der Waals surface area contributed by atoms with E-state index < -0.39 is 29.7 Å². The van der Waals surface area contributed by atoms with Crippen LogP contribution in [0.2, 0.25) is 0 Å². The molecule has 2 aromatic rings. The Labute approximate surface area is 123 Å². The lowest BCUT2D eigenvalue weighted by Crippen LogP contribution is -2.33. The number of aliphatic hydroxyl groups excluding tert-OH is 2. The van der Waals surface area contributed by atoms with Crippen molar-refractivity contribution in [2.45, 2.75) is 24.9 Å². The molecule has 21 heavy (non-hydrogen) atoms. The summed E-state index contributed by atoms with van der Waals surface area (Å²) < 4.78 is 6.69. The van der Waals surface area contributed by atoms with Gasteiger partial charge in [0.2, 0.25) is 0 Å². The highest BCUT2D eigenvalue weighted by molar-refractivity contribution is 7.13. The maximum atomic E-state index is 11.9. The first-order chi connectivity index (χ1) is 10.1. The number of nitrogens with one attached hydrogen (secondary N) is 1. The standard InChI is InChI=1S/C13H14N2O5S/c16-6-9-8(17)4-11(20-9)15-5-7(10-2-1-3-21-10)12(18)14-13(15)19/h1-3,5,8-9,11,16-17H,4,6H2,(H,14,18,19)/t8-,9+,11-/m0/s1. The zero-order valence-electron chi connectivity index (χ0n) is 10.9. The molecule has 3 N–H and O–H groups in total. The molecule has 3 atom stereocenters. The van der Waals surface area contributed by atoms with E-state index in [0.29, 0.717) is 5.56 Å². The van der Waals surface area contributed by atoms with Crippen LogP contribution >= 0.6 is 11.3 Å². The van der Waals surface area contributed by atoms with Gasteiger partial charge < -0.3 is 14.9 Å². The van der Waals surface area contributed by atoms with Crippen LogP contribution in [0.1, 0.15) is 12.6 Å². The number of thiophene rings is 1. The number of rotatable bonds is 3. The number of ether oxygens (including phenoxy) is 1. The molecule has 7 nitrogen and oxygen atoms in total. The van der Waals surface area contributed by atoms with Gasteiger partial charge in [-0.15, -0.1) is 11.3 Å². The zero-order valence-corrected chi connectivity index (χ0v) is 11.7. The van der Waals surface area contributed by atoms with Crippen molar-refractivity contribution in [2.24, 2.45) is 0 Å². The quantitative estimate of drug-likeness (QED) is 0.735. The fourth-order valence-electron chi connectivity index (χ4n) is 2.36. The highest BCUT2D eigenvalue weighted by atomic mass is 32.1. The van der Waals surface area contributed by atoms with Crippen LogP contribution < -0.4 is 11.2 Å². The molecule has 0 bridgehead atoms. The van der Waals surface area contributed by atoms with Gasteiger partial charge in [0.15, 0.2) is 0 Å². The fraction of sp³-hybridized carbons (Fsp3) is 0.385. The molecular weight excluding hydrogens is 296 g/mol. The van der Waals surface area contributed by atoms with E-state index in [1.54, 1.807) is 6.07 Å². The van der Waals surface area contributed by atoms with Gasteiger partial charge in [0, 0.05) is 17.5 Å². The topological polar surface area (TPSA) is 105 Å². The third-order valence-corrected chi connectivity index (χ3v) is 4.35. The molecule has 0 unspecified atom stereocenters. The van der Waals surface area contributed by atoms with Crippen molar-refractivity contribution in [3.05, 3.63) is 44.5 Å². The molecule has 3 heterocycles. The van der Waals surface area contributed by atoms with E-state index in [4.69, 9.17) is 9.84 Å². The SMILES string of the molecule is O=c1[nH]c(=O)n([C@@H]2C[C@H](O)[C@@H](CO)O2)cc1-c1cccs1. The van der Waals surface area contributed by atoms with Crippen LogP contribution in [0.15, 0.2) is 33.3 Å². The number of aromatic amines is 1. The van der Waals surface area contributed by atoms with E-state index in [-0.39, 0.29) is 13.0 Å². The molecule has 0 amide bonds. The van der Waals surface area contributed by atoms with E-state index in [0.717, 1.165) is 4.88 Å². The zero-order chi connectivity index (χ0) is 15.0. The van der Waals surface area contributed by atoms with Crippen LogP contribution in [0.4, 0.5) is 0 Å². The smallest absolute Gasteiger partial charge is 0.330 e. The average molecular weight is 310 g/mol. The number of hydrogen-bond acceptors (Lipinski definition) is 6. The minimum atomic E-state index is -0.844. The normalized spacial score (nSPS) is 25.3. The third-order valence-electron chi connectivity index (χ3n) is 3.45. The summed E-state index contributed by atoms with van der Waals surface area (Å²) in [6.45, 7) is -0.326. The van der Waals surface area contributed by atoms with E-state index in [1.807, 2.05) is 11.4 Å². The Morgan fingerprint density at radius 3 is 2.90 bits per heavy atom. The molecule has 0 aliphatic carbocycles. The summed E-state index contributed by atoms with van der Waals surface area (Å²) in [4.78, 5) is 26.8. The van der Waals surface area contributed by atoms with Crippen molar-refractivity contribution >= 4 is 11.3 Å². The molecule has 1 saturated heterocycles. The monoisotopic (exact) mass is 310 g/mol. The Morgan fingerprint density at radius 1 is 1.48 bits per heavy atom. The molecule has 0 aromatic carbocycles. The molecule has 0 spiro atoms. The van der Waals surface area contributed by atoms with Crippen molar-refractivity contribution in [1.29, 1.82) is 0 Å². The summed E-state index contributed by atoms with van der Waals surface area (Å²) in [7, 11) is 0. The molecule has 2 aromatic heterocycles. The first-order valence-corrected chi connectivity index (χ1v) is 7.32. The van der Waals surface area contributed by atoms with Crippen molar-refractivity contribution in [3.8, 4) is 10.4 Å². The highest BCUT2D eigenvalue weighted by Gasteiger charge is 2.35. The molecule has 1 fully saturated rings. The van der Waals surface area contributed by atoms with Crippen LogP contribution in [0.25, 0.3) is 10.4 Å². The molecule has 1 aliphatic rings. The highest BCUT2D eigenvalue weighted by Crippen LogP contribution is 2.28. The van der Waals surface area contributed by atoms with Gasteiger partial charge in [0.25, 0.3) is 5.56 Å². The van der Waals surface area contributed by atoms with Gasteiger partial charge in [-0.2, -0.15) is 0 Å². The first kappa shape index (κ1) is 14.2. The summed E-state index contributed by atoms with van der Waals surface area (Å²) in [5.74, 6) is 0. The predicted molar refractivity (Wildman–Crippen MR) is 76.3 cm³/mol. The predicted octanol–water partition coefficient (Wildman–Crippen LogP) is -0.0942. The van der Waals surface area contributed by atoms with E-state index in [2.05, 4.69) is 4.98 Å². The summed E-state index contributed by atoms with van der Waals surface area (Å²) in [5, 5.41) is 20.7. The number of nitrogens with zero attached hydrogens (tertiary/aromatic N) is 1. The van der Waals surface area contributed by atoms with Crippen LogP contribution in [0.3, 0.4) is 0 Å². The second-order valence-electron chi connectivity index (χ2n) is 4.80. The van der Waals surface area contributed by atoms with Crippen molar-refractivity contribution in [2.75, 3.05) is 6.61 Å². The van der Waals surface area contributed by atoms with Crippen LogP contribution in [0, 0.1) is 0 Å². The molecule has 0 radical (unpaired) electrons. The second kappa shape index (κ2) is 5.57. The van der Waals surface area contributed by atoms with E-state index in [1.165, 1.54) is 22.1 Å². The van der Waals surface area contributed by atoms with Crippen LogP contribution in [-0.2, 0) is 4.74 Å². The Balaban J connectivity index is 2.02. The van der Waals surface area contributed by atoms with Crippen LogP contribution in [-0.4, -0.2) is 38.6 Å². The molecular formula is C13H14N2O5S. The number of H-pyrrole nitrogens is 1. The van der Waals surface area contributed by atoms with Crippen molar-refractivity contribution < 1.29 is 14.9 Å². The minimum Gasteiger partial charge on any atom is -0.394 e. The Kier molecular flexibility index (Phi) is 3.77. The van der Waals surface area contributed by atoms with Gasteiger partial charge >= 0.3 is 5.69 Å². The Hall–Kier alpha value is -1.74. The summed E-state index contributed by atoms with van der Waals surface area (Å²) in [6, 6.07) is 3.59. The third kappa shape index (κ3) is 2.58. The molecule has 112 valence electrons. The van der Waals surface area contributed by atoms with Crippen molar-refractivity contribution in [1.82, 2.24) is 9.55 Å². The lowest BCUT2D eigenvalue weighted by molar-refractivity contribution is -0.0458. The second-order valence-corrected chi connectivity index (χ2v) is 5.75. The lowest BCUT2D eigenvalue weighted by atomic mass is 10.2. The first-order valence-electron chi connectivity index (χ1n) is 6.44. The van der Waals surface area contributed by atoms with Gasteiger partial charge in [-0.1, -0.05) is 6.07 Å². The fourth-order valence-corrected chi connectivity index (χ4v) is 3.09. The number of aliphatic hydroxyl groups is 2. The molecule has 0 saturated carbocycles. The van der Waals surface area contributed by atoms with Crippen molar-refractivity contribution in [3.63, 3.8) is 0 Å². The average Bonchev–Trinajstić information content (AvgIpc) is 3.08. The maximum absolute atomic E-state index is 11.9. The molecule has 3 rings (SSSR count). The Morgan fingerprint density at radius 2 is 2.29 bits per heavy atom. The summed E-state index contributed by atoms with van der Waals surface area (Å²) in [5.41, 5.74) is -0.692. The maximum Gasteiger partial charge on any atom is 0.330 e. The summed E-state index contributed by atoms with van der Waals surface area (Å²) >= 11 is 1.39. The van der Waals surface area contributed by atoms with Gasteiger partial charge in [-0.05, 0) is 11.4 Å². The summed E-state index contributed by atoms with van der Waals surface area (Å²) in [6.07, 6.45) is -0.659. The molecule has 1 aliphatic heterocycles. The van der Waals surface area contributed by atoms with Gasteiger partial charge in [0.1, 0.15) is 12.3 Å². The number of hydrogen-bond donors (Lipinski definition) is 3. The van der Waals surface area contributed by atoms with Gasteiger partial charge in [0.05, 0.1) is 18.3 Å². The van der Waals surface area contributed by atoms with E-state index in [9.17, 15) is 14.7 Å². The molecule has 8 heteroatoms. The lowest BCUT2D eigenvalue weighted by Gasteiger charge is -2.15. The largest absolute Gasteiger partial charge is 0.394 e. The van der Waals surface area contributed by atoms with Gasteiger partial charge in [-0.3, -0.25) is 14.3 Å². The van der Waals surface area contributed by atoms with Gasteiger partial charge in [-0.25, -0.2) is 4.79 Å². The van der Waals surface area contributed by atoms with E-state index >= 15 is 0 Å².